The van der Waals surface area contributed by atoms with Crippen LogP contribution in [0.1, 0.15) is 40.5 Å². The molecule has 1 saturated heterocycles. The lowest BCUT2D eigenvalue weighted by atomic mass is 9.79. The zero-order chi connectivity index (χ0) is 18.1. The molecule has 0 atom stereocenters. The molecule has 7 heteroatoms. The van der Waals surface area contributed by atoms with Crippen LogP contribution < -0.4 is 16.0 Å². The molecule has 1 aliphatic rings. The smallest absolute Gasteiger partial charge is 0.313 e. The third kappa shape index (κ3) is 4.92. The maximum Gasteiger partial charge on any atom is 0.313 e. The summed E-state index contributed by atoms with van der Waals surface area (Å²) < 4.78 is 13.4. The number of benzene rings is 1. The van der Waals surface area contributed by atoms with Crippen LogP contribution in [0, 0.1) is 5.82 Å². The average molecular weight is 356 g/mol. The zero-order valence-electron chi connectivity index (χ0n) is 14.3. The Kier molecular flexibility index (Phi) is 5.20. The highest BCUT2D eigenvalue weighted by Gasteiger charge is 2.38. The molecule has 3 N–H and O–H groups in total. The van der Waals surface area contributed by atoms with Crippen LogP contribution in [0.4, 0.5) is 10.1 Å². The SMILES string of the molecule is CC1(C)CC(NC(=O)C(=O)Nc2ccc(Cl)c(F)c2)CC(C)(C)N1. The summed E-state index contributed by atoms with van der Waals surface area (Å²) in [5.41, 5.74) is -0.103. The minimum atomic E-state index is -0.828. The maximum atomic E-state index is 13.4. The second-order valence-corrected chi connectivity index (χ2v) is 7.96. The van der Waals surface area contributed by atoms with E-state index in [1.807, 2.05) is 0 Å². The monoisotopic (exact) mass is 355 g/mol. The first-order chi connectivity index (χ1) is 11.0. The van der Waals surface area contributed by atoms with Gasteiger partial charge in [-0.05, 0) is 58.7 Å². The van der Waals surface area contributed by atoms with Gasteiger partial charge >= 0.3 is 11.8 Å². The molecule has 0 unspecified atom stereocenters. The van der Waals surface area contributed by atoms with E-state index >= 15 is 0 Å². The van der Waals surface area contributed by atoms with E-state index in [1.165, 1.54) is 12.1 Å². The summed E-state index contributed by atoms with van der Waals surface area (Å²) in [7, 11) is 0. The number of hydrogen-bond donors (Lipinski definition) is 3. The Hall–Kier alpha value is -1.66. The number of carbonyl (C=O) groups excluding carboxylic acids is 2. The molecular weight excluding hydrogens is 333 g/mol. The van der Waals surface area contributed by atoms with Crippen LogP contribution in [0.15, 0.2) is 18.2 Å². The normalized spacial score (nSPS) is 19.6. The summed E-state index contributed by atoms with van der Waals surface area (Å²) in [6, 6.07) is 3.72. The Morgan fingerprint density at radius 1 is 1.17 bits per heavy atom. The lowest BCUT2D eigenvalue weighted by Crippen LogP contribution is -2.62. The molecule has 132 valence electrons. The van der Waals surface area contributed by atoms with Crippen molar-refractivity contribution < 1.29 is 14.0 Å². The molecule has 1 aliphatic heterocycles. The predicted molar refractivity (Wildman–Crippen MR) is 92.5 cm³/mol. The molecule has 0 saturated carbocycles. The first-order valence-electron chi connectivity index (χ1n) is 7.84. The maximum absolute atomic E-state index is 13.4. The van der Waals surface area contributed by atoms with Crippen LogP contribution in [0.3, 0.4) is 0 Å². The van der Waals surface area contributed by atoms with Gasteiger partial charge in [0, 0.05) is 22.8 Å². The minimum Gasteiger partial charge on any atom is -0.345 e. The van der Waals surface area contributed by atoms with Gasteiger partial charge in [0.05, 0.1) is 5.02 Å². The Balaban J connectivity index is 1.98. The number of halogens is 2. The number of anilines is 1. The molecular formula is C17H23ClFN3O2. The molecule has 0 aliphatic carbocycles. The van der Waals surface area contributed by atoms with E-state index in [0.717, 1.165) is 6.07 Å². The van der Waals surface area contributed by atoms with Crippen LogP contribution in [-0.2, 0) is 9.59 Å². The van der Waals surface area contributed by atoms with Crippen molar-refractivity contribution in [1.82, 2.24) is 10.6 Å². The van der Waals surface area contributed by atoms with Crippen molar-refractivity contribution in [2.45, 2.75) is 57.7 Å². The number of nitrogens with one attached hydrogen (secondary N) is 3. The lowest BCUT2D eigenvalue weighted by Gasteiger charge is -2.46. The van der Waals surface area contributed by atoms with Crippen LogP contribution in [0.5, 0.6) is 0 Å². The van der Waals surface area contributed by atoms with Gasteiger partial charge in [-0.25, -0.2) is 4.39 Å². The Labute approximate surface area is 146 Å². The fourth-order valence-corrected chi connectivity index (χ4v) is 3.55. The molecule has 0 bridgehead atoms. The van der Waals surface area contributed by atoms with E-state index in [1.54, 1.807) is 0 Å². The van der Waals surface area contributed by atoms with E-state index < -0.39 is 17.6 Å². The molecule has 1 heterocycles. The lowest BCUT2D eigenvalue weighted by molar-refractivity contribution is -0.137. The fourth-order valence-electron chi connectivity index (χ4n) is 3.44. The summed E-state index contributed by atoms with van der Waals surface area (Å²) in [5.74, 6) is -2.22. The first-order valence-corrected chi connectivity index (χ1v) is 8.21. The highest BCUT2D eigenvalue weighted by Crippen LogP contribution is 2.28. The highest BCUT2D eigenvalue weighted by molar-refractivity contribution is 6.39. The Morgan fingerprint density at radius 2 is 1.75 bits per heavy atom. The van der Waals surface area contributed by atoms with Gasteiger partial charge in [-0.15, -0.1) is 0 Å². The van der Waals surface area contributed by atoms with Gasteiger partial charge in [0.1, 0.15) is 5.82 Å². The van der Waals surface area contributed by atoms with Crippen molar-refractivity contribution >= 4 is 29.1 Å². The molecule has 24 heavy (non-hydrogen) atoms. The van der Waals surface area contributed by atoms with Gasteiger partial charge in [0.15, 0.2) is 0 Å². The first kappa shape index (κ1) is 18.7. The van der Waals surface area contributed by atoms with Crippen molar-refractivity contribution in [3.63, 3.8) is 0 Å². The standard InChI is InChI=1S/C17H23ClFN3O2/c1-16(2)8-11(9-17(3,4)22-16)21-15(24)14(23)20-10-5-6-12(18)13(19)7-10/h5-7,11,22H,8-9H2,1-4H3,(H,20,23)(H,21,24). The topological polar surface area (TPSA) is 70.2 Å². The summed E-state index contributed by atoms with van der Waals surface area (Å²) >= 11 is 5.59. The van der Waals surface area contributed by atoms with Crippen molar-refractivity contribution in [2.24, 2.45) is 0 Å². The molecule has 1 aromatic carbocycles. The Morgan fingerprint density at radius 3 is 2.29 bits per heavy atom. The number of hydrogen-bond acceptors (Lipinski definition) is 3. The molecule has 1 aromatic rings. The van der Waals surface area contributed by atoms with Gasteiger partial charge in [-0.3, -0.25) is 9.59 Å². The number of amides is 2. The van der Waals surface area contributed by atoms with Crippen molar-refractivity contribution in [1.29, 1.82) is 0 Å². The summed E-state index contributed by atoms with van der Waals surface area (Å²) in [6.07, 6.45) is 1.43. The zero-order valence-corrected chi connectivity index (χ0v) is 15.1. The molecule has 0 aromatic heterocycles. The average Bonchev–Trinajstić information content (AvgIpc) is 2.39. The highest BCUT2D eigenvalue weighted by atomic mass is 35.5. The summed E-state index contributed by atoms with van der Waals surface area (Å²) in [4.78, 5) is 24.1. The summed E-state index contributed by atoms with van der Waals surface area (Å²) in [6.45, 7) is 8.24. The minimum absolute atomic E-state index is 0.0448. The van der Waals surface area contributed by atoms with Crippen LogP contribution in [0.2, 0.25) is 5.02 Å². The number of rotatable bonds is 2. The van der Waals surface area contributed by atoms with Gasteiger partial charge in [0.25, 0.3) is 0 Å². The van der Waals surface area contributed by atoms with E-state index in [2.05, 4.69) is 43.6 Å². The third-order valence-electron chi connectivity index (χ3n) is 3.91. The van der Waals surface area contributed by atoms with Crippen LogP contribution in [-0.4, -0.2) is 28.9 Å². The van der Waals surface area contributed by atoms with E-state index in [0.29, 0.717) is 12.8 Å². The molecule has 2 rings (SSSR count). The fraction of sp³-hybridized carbons (Fsp3) is 0.529. The van der Waals surface area contributed by atoms with Crippen molar-refractivity contribution in [3.05, 3.63) is 29.0 Å². The quantitative estimate of drug-likeness (QED) is 0.714. The molecule has 5 nitrogen and oxygen atoms in total. The van der Waals surface area contributed by atoms with E-state index in [4.69, 9.17) is 11.6 Å². The predicted octanol–water partition coefficient (Wildman–Crippen LogP) is 2.84. The van der Waals surface area contributed by atoms with E-state index in [9.17, 15) is 14.0 Å². The van der Waals surface area contributed by atoms with Crippen molar-refractivity contribution in [3.8, 4) is 0 Å². The second-order valence-electron chi connectivity index (χ2n) is 7.55. The Bertz CT molecular complexity index is 645. The third-order valence-corrected chi connectivity index (χ3v) is 4.22. The van der Waals surface area contributed by atoms with Crippen molar-refractivity contribution in [2.75, 3.05) is 5.32 Å². The second kappa shape index (κ2) is 6.69. The molecule has 0 radical (unpaired) electrons. The van der Waals surface area contributed by atoms with Crippen LogP contribution >= 0.6 is 11.6 Å². The van der Waals surface area contributed by atoms with Gasteiger partial charge in [0.2, 0.25) is 0 Å². The van der Waals surface area contributed by atoms with E-state index in [-0.39, 0.29) is 27.8 Å². The molecule has 1 fully saturated rings. The van der Waals surface area contributed by atoms with Crippen LogP contribution in [0.25, 0.3) is 0 Å². The van der Waals surface area contributed by atoms with Gasteiger partial charge in [-0.1, -0.05) is 11.6 Å². The molecule has 0 spiro atoms. The van der Waals surface area contributed by atoms with Gasteiger partial charge < -0.3 is 16.0 Å². The largest absolute Gasteiger partial charge is 0.345 e. The number of piperidine rings is 1. The number of carbonyl (C=O) groups is 2. The summed E-state index contributed by atoms with van der Waals surface area (Å²) in [5, 5.41) is 8.61. The van der Waals surface area contributed by atoms with Gasteiger partial charge in [-0.2, -0.15) is 0 Å². The molecule has 2 amide bonds.